The maximum atomic E-state index is 12.1. The van der Waals surface area contributed by atoms with Crippen molar-refractivity contribution in [3.63, 3.8) is 0 Å². The van der Waals surface area contributed by atoms with Gasteiger partial charge in [0.1, 0.15) is 10.6 Å². The van der Waals surface area contributed by atoms with Crippen LogP contribution in [0.5, 0.6) is 0 Å². The van der Waals surface area contributed by atoms with Crippen molar-refractivity contribution < 1.29 is 9.53 Å². The van der Waals surface area contributed by atoms with Crippen LogP contribution in [0.15, 0.2) is 11.2 Å². The van der Waals surface area contributed by atoms with Crippen molar-refractivity contribution in [2.75, 3.05) is 26.7 Å². The standard InChI is InChI=1S/C17H31N5O2S/c1-7-13-11-20-14(25-13)12-21-15(18-6)19-9-10-22(8-2)16(23)24-17(3,4)5/h11H,7-10,12H2,1-6H3,(H2,18,19,21). The monoisotopic (exact) mass is 369 g/mol. The molecular formula is C17H31N5O2S. The summed E-state index contributed by atoms with van der Waals surface area (Å²) < 4.78 is 5.40. The molecular weight excluding hydrogens is 338 g/mol. The number of carbonyl (C=O) groups is 1. The van der Waals surface area contributed by atoms with Gasteiger partial charge in [0.15, 0.2) is 5.96 Å². The van der Waals surface area contributed by atoms with Gasteiger partial charge in [-0.1, -0.05) is 6.92 Å². The van der Waals surface area contributed by atoms with Crippen molar-refractivity contribution in [2.45, 2.75) is 53.2 Å². The number of hydrogen-bond donors (Lipinski definition) is 2. The van der Waals surface area contributed by atoms with E-state index in [4.69, 9.17) is 4.74 Å². The molecule has 0 radical (unpaired) electrons. The van der Waals surface area contributed by atoms with Gasteiger partial charge in [-0.3, -0.25) is 4.99 Å². The molecule has 25 heavy (non-hydrogen) atoms. The topological polar surface area (TPSA) is 78.9 Å². The number of rotatable bonds is 7. The van der Waals surface area contributed by atoms with Crippen LogP contribution in [-0.4, -0.2) is 54.2 Å². The Morgan fingerprint density at radius 3 is 2.60 bits per heavy atom. The van der Waals surface area contributed by atoms with Crippen LogP contribution in [0.2, 0.25) is 0 Å². The van der Waals surface area contributed by atoms with Gasteiger partial charge in [-0.2, -0.15) is 0 Å². The molecule has 1 aromatic rings. The smallest absolute Gasteiger partial charge is 0.410 e. The number of guanidine groups is 1. The Kier molecular flexibility index (Phi) is 8.68. The van der Waals surface area contributed by atoms with E-state index in [0.717, 1.165) is 11.4 Å². The van der Waals surface area contributed by atoms with Crippen molar-refractivity contribution in [1.29, 1.82) is 0 Å². The lowest BCUT2D eigenvalue weighted by molar-refractivity contribution is 0.0264. The first kappa shape index (κ1) is 21.2. The quantitative estimate of drug-likeness (QED) is 0.571. The first-order valence-electron chi connectivity index (χ1n) is 8.65. The van der Waals surface area contributed by atoms with E-state index < -0.39 is 5.60 Å². The lowest BCUT2D eigenvalue weighted by Crippen LogP contribution is -2.44. The lowest BCUT2D eigenvalue weighted by Gasteiger charge is -2.26. The molecule has 1 amide bonds. The summed E-state index contributed by atoms with van der Waals surface area (Å²) in [7, 11) is 1.72. The summed E-state index contributed by atoms with van der Waals surface area (Å²) in [6.45, 7) is 12.0. The average Bonchev–Trinajstić information content (AvgIpc) is 3.00. The minimum Gasteiger partial charge on any atom is -0.444 e. The zero-order valence-electron chi connectivity index (χ0n) is 16.2. The normalized spacial score (nSPS) is 12.0. The molecule has 0 unspecified atom stereocenters. The summed E-state index contributed by atoms with van der Waals surface area (Å²) in [6.07, 6.45) is 2.62. The first-order chi connectivity index (χ1) is 11.8. The van der Waals surface area contributed by atoms with Gasteiger partial charge in [0.25, 0.3) is 0 Å². The molecule has 0 saturated heterocycles. The zero-order chi connectivity index (χ0) is 18.9. The molecule has 2 N–H and O–H groups in total. The summed E-state index contributed by atoms with van der Waals surface area (Å²) in [5.74, 6) is 0.688. The third-order valence-corrected chi connectivity index (χ3v) is 4.43. The third kappa shape index (κ3) is 8.20. The Balaban J connectivity index is 2.39. The summed E-state index contributed by atoms with van der Waals surface area (Å²) in [6, 6.07) is 0. The maximum Gasteiger partial charge on any atom is 0.410 e. The van der Waals surface area contributed by atoms with Gasteiger partial charge in [-0.15, -0.1) is 11.3 Å². The molecule has 1 aromatic heterocycles. The molecule has 1 heterocycles. The van der Waals surface area contributed by atoms with E-state index in [9.17, 15) is 4.79 Å². The van der Waals surface area contributed by atoms with Crippen LogP contribution in [-0.2, 0) is 17.7 Å². The second kappa shape index (κ2) is 10.2. The van der Waals surface area contributed by atoms with E-state index in [0.29, 0.717) is 32.1 Å². The van der Waals surface area contributed by atoms with Crippen LogP contribution in [0, 0.1) is 0 Å². The van der Waals surface area contributed by atoms with E-state index in [1.54, 1.807) is 23.3 Å². The Morgan fingerprint density at radius 2 is 2.08 bits per heavy atom. The number of aliphatic imine (C=N–C) groups is 1. The van der Waals surface area contributed by atoms with Gasteiger partial charge < -0.3 is 20.3 Å². The number of ether oxygens (including phenoxy) is 1. The van der Waals surface area contributed by atoms with Gasteiger partial charge >= 0.3 is 6.09 Å². The number of amides is 1. The molecule has 0 aromatic carbocycles. The SMILES string of the molecule is CCc1cnc(CNC(=NC)NCCN(CC)C(=O)OC(C)(C)C)s1. The summed E-state index contributed by atoms with van der Waals surface area (Å²) in [5.41, 5.74) is -0.486. The molecule has 0 fully saturated rings. The van der Waals surface area contributed by atoms with E-state index >= 15 is 0 Å². The molecule has 142 valence electrons. The Bertz CT molecular complexity index is 566. The van der Waals surface area contributed by atoms with Crippen LogP contribution < -0.4 is 10.6 Å². The highest BCUT2D eigenvalue weighted by Crippen LogP contribution is 2.12. The van der Waals surface area contributed by atoms with Crippen LogP contribution in [0.1, 0.15) is 44.5 Å². The fraction of sp³-hybridized carbons (Fsp3) is 0.706. The largest absolute Gasteiger partial charge is 0.444 e. The van der Waals surface area contributed by atoms with Gasteiger partial charge in [-0.05, 0) is 34.1 Å². The number of aryl methyl sites for hydroxylation is 1. The highest BCUT2D eigenvalue weighted by molar-refractivity contribution is 7.11. The molecule has 0 saturated carbocycles. The van der Waals surface area contributed by atoms with Gasteiger partial charge in [0.05, 0.1) is 6.54 Å². The minimum atomic E-state index is -0.486. The molecule has 0 aliphatic rings. The predicted octanol–water partition coefficient (Wildman–Crippen LogP) is 2.63. The number of hydrogen-bond acceptors (Lipinski definition) is 5. The highest BCUT2D eigenvalue weighted by atomic mass is 32.1. The Labute approximate surface area is 154 Å². The number of carbonyl (C=O) groups excluding carboxylic acids is 1. The van der Waals surface area contributed by atoms with E-state index in [2.05, 4.69) is 27.5 Å². The second-order valence-corrected chi connectivity index (χ2v) is 7.69. The fourth-order valence-electron chi connectivity index (χ4n) is 1.99. The predicted molar refractivity (Wildman–Crippen MR) is 103 cm³/mol. The van der Waals surface area contributed by atoms with Crippen molar-refractivity contribution in [2.24, 2.45) is 4.99 Å². The molecule has 0 spiro atoms. The van der Waals surface area contributed by atoms with Crippen molar-refractivity contribution in [3.05, 3.63) is 16.1 Å². The third-order valence-electron chi connectivity index (χ3n) is 3.29. The molecule has 1 rings (SSSR count). The zero-order valence-corrected chi connectivity index (χ0v) is 17.0. The Hall–Kier alpha value is -1.83. The fourth-order valence-corrected chi connectivity index (χ4v) is 2.79. The minimum absolute atomic E-state index is 0.297. The van der Waals surface area contributed by atoms with Crippen LogP contribution >= 0.6 is 11.3 Å². The molecule has 0 aliphatic heterocycles. The van der Waals surface area contributed by atoms with Gasteiger partial charge in [0.2, 0.25) is 0 Å². The second-order valence-electron chi connectivity index (χ2n) is 6.49. The number of likely N-dealkylation sites (N-methyl/N-ethyl adjacent to an activating group) is 1. The van der Waals surface area contributed by atoms with E-state index in [-0.39, 0.29) is 6.09 Å². The van der Waals surface area contributed by atoms with Gasteiger partial charge in [0, 0.05) is 37.8 Å². The van der Waals surface area contributed by atoms with Crippen LogP contribution in [0.25, 0.3) is 0 Å². The summed E-state index contributed by atoms with van der Waals surface area (Å²) in [5, 5.41) is 7.47. The van der Waals surface area contributed by atoms with E-state index in [1.807, 2.05) is 33.9 Å². The lowest BCUT2D eigenvalue weighted by atomic mass is 10.2. The van der Waals surface area contributed by atoms with Crippen molar-refractivity contribution in [1.82, 2.24) is 20.5 Å². The summed E-state index contributed by atoms with van der Waals surface area (Å²) >= 11 is 1.70. The highest BCUT2D eigenvalue weighted by Gasteiger charge is 2.20. The molecule has 7 nitrogen and oxygen atoms in total. The number of nitrogens with one attached hydrogen (secondary N) is 2. The Morgan fingerprint density at radius 1 is 1.36 bits per heavy atom. The number of aromatic nitrogens is 1. The molecule has 0 aliphatic carbocycles. The number of nitrogens with zero attached hydrogens (tertiary/aromatic N) is 3. The van der Waals surface area contributed by atoms with Crippen molar-refractivity contribution >= 4 is 23.4 Å². The van der Waals surface area contributed by atoms with Crippen LogP contribution in [0.3, 0.4) is 0 Å². The molecule has 0 atom stereocenters. The van der Waals surface area contributed by atoms with E-state index in [1.165, 1.54) is 4.88 Å². The first-order valence-corrected chi connectivity index (χ1v) is 9.46. The van der Waals surface area contributed by atoms with Crippen LogP contribution in [0.4, 0.5) is 4.79 Å². The summed E-state index contributed by atoms with van der Waals surface area (Å²) in [4.78, 5) is 23.6. The average molecular weight is 370 g/mol. The molecule has 0 bridgehead atoms. The number of thiazole rings is 1. The van der Waals surface area contributed by atoms with Gasteiger partial charge in [-0.25, -0.2) is 9.78 Å². The van der Waals surface area contributed by atoms with Crippen molar-refractivity contribution in [3.8, 4) is 0 Å². The maximum absolute atomic E-state index is 12.1. The molecule has 8 heteroatoms.